The first-order valence-electron chi connectivity index (χ1n) is 5.57. The summed E-state index contributed by atoms with van der Waals surface area (Å²) in [4.78, 5) is 0. The number of hydrogen-bond donors (Lipinski definition) is 1. The molecule has 3 saturated carbocycles. The molecule has 0 saturated heterocycles. The van der Waals surface area contributed by atoms with Crippen LogP contribution < -0.4 is 5.73 Å². The monoisotopic (exact) mass is 201 g/mol. The molecule has 0 aromatic rings. The standard InChI is InChI=1S/C11H19N.ClH/c12-7-11-5-1-2-10(11)8-3-4-9(11)6-8;/h8-10H,1-7,12H2;1H/t8?,9?,10?,11-;/m1./s1. The third-order valence-electron chi connectivity index (χ3n) is 5.13. The molecule has 2 bridgehead atoms. The maximum absolute atomic E-state index is 6.00. The Morgan fingerprint density at radius 2 is 2.08 bits per heavy atom. The molecule has 0 aromatic carbocycles. The van der Waals surface area contributed by atoms with Crippen molar-refractivity contribution in [1.29, 1.82) is 0 Å². The SMILES string of the molecule is Cl.NC[C@@]12CCCC1C1CCC2C1. The molecule has 0 spiro atoms. The van der Waals surface area contributed by atoms with Gasteiger partial charge in [-0.25, -0.2) is 0 Å². The van der Waals surface area contributed by atoms with E-state index in [-0.39, 0.29) is 12.4 Å². The summed E-state index contributed by atoms with van der Waals surface area (Å²) in [6.07, 6.45) is 8.97. The van der Waals surface area contributed by atoms with E-state index in [2.05, 4.69) is 0 Å². The molecule has 3 aliphatic rings. The third kappa shape index (κ3) is 1.04. The normalized spacial score (nSPS) is 51.9. The van der Waals surface area contributed by atoms with E-state index in [9.17, 15) is 0 Å². The average Bonchev–Trinajstić information content (AvgIpc) is 2.76. The third-order valence-corrected chi connectivity index (χ3v) is 5.13. The zero-order valence-electron chi connectivity index (χ0n) is 8.17. The van der Waals surface area contributed by atoms with Crippen LogP contribution in [0.25, 0.3) is 0 Å². The van der Waals surface area contributed by atoms with Crippen LogP contribution in [-0.2, 0) is 0 Å². The molecule has 2 heteroatoms. The highest BCUT2D eigenvalue weighted by molar-refractivity contribution is 5.85. The maximum Gasteiger partial charge on any atom is -0.00151 e. The predicted molar refractivity (Wildman–Crippen MR) is 56.9 cm³/mol. The van der Waals surface area contributed by atoms with Gasteiger partial charge in [-0.05, 0) is 61.8 Å². The summed E-state index contributed by atoms with van der Waals surface area (Å²) < 4.78 is 0. The van der Waals surface area contributed by atoms with Gasteiger partial charge in [-0.3, -0.25) is 0 Å². The summed E-state index contributed by atoms with van der Waals surface area (Å²) in [6.45, 7) is 0.985. The molecule has 76 valence electrons. The van der Waals surface area contributed by atoms with E-state index in [0.717, 1.165) is 24.3 Å². The van der Waals surface area contributed by atoms with Crippen LogP contribution in [0.4, 0.5) is 0 Å². The van der Waals surface area contributed by atoms with Crippen molar-refractivity contribution in [3.05, 3.63) is 0 Å². The summed E-state index contributed by atoms with van der Waals surface area (Å²) in [5.41, 5.74) is 6.64. The van der Waals surface area contributed by atoms with Crippen LogP contribution in [0.2, 0.25) is 0 Å². The van der Waals surface area contributed by atoms with Crippen molar-refractivity contribution in [2.45, 2.75) is 38.5 Å². The van der Waals surface area contributed by atoms with Crippen LogP contribution in [-0.4, -0.2) is 6.54 Å². The molecule has 1 nitrogen and oxygen atoms in total. The molecule has 0 aliphatic heterocycles. The largest absolute Gasteiger partial charge is 0.330 e. The predicted octanol–water partition coefficient (Wildman–Crippen LogP) is 2.58. The quantitative estimate of drug-likeness (QED) is 0.694. The Kier molecular flexibility index (Phi) is 2.36. The topological polar surface area (TPSA) is 26.0 Å². The molecule has 0 amide bonds. The maximum atomic E-state index is 6.00. The van der Waals surface area contributed by atoms with E-state index in [1.165, 1.54) is 38.5 Å². The van der Waals surface area contributed by atoms with E-state index >= 15 is 0 Å². The smallest absolute Gasteiger partial charge is 0.00151 e. The Bertz CT molecular complexity index is 206. The Morgan fingerprint density at radius 3 is 2.77 bits per heavy atom. The lowest BCUT2D eigenvalue weighted by Crippen LogP contribution is -2.39. The Labute approximate surface area is 86.9 Å². The van der Waals surface area contributed by atoms with Crippen molar-refractivity contribution >= 4 is 12.4 Å². The molecule has 2 N–H and O–H groups in total. The van der Waals surface area contributed by atoms with Gasteiger partial charge in [-0.2, -0.15) is 0 Å². The fourth-order valence-corrected chi connectivity index (χ4v) is 4.66. The molecule has 0 aromatic heterocycles. The van der Waals surface area contributed by atoms with Crippen LogP contribution in [0, 0.1) is 23.2 Å². The van der Waals surface area contributed by atoms with Gasteiger partial charge in [0.05, 0.1) is 0 Å². The van der Waals surface area contributed by atoms with Gasteiger partial charge in [0.1, 0.15) is 0 Å². The second-order valence-corrected chi connectivity index (χ2v) is 5.21. The Morgan fingerprint density at radius 1 is 1.23 bits per heavy atom. The first-order valence-corrected chi connectivity index (χ1v) is 5.57. The molecular formula is C11H20ClN. The second-order valence-electron chi connectivity index (χ2n) is 5.21. The van der Waals surface area contributed by atoms with Gasteiger partial charge in [-0.1, -0.05) is 6.42 Å². The molecule has 13 heavy (non-hydrogen) atoms. The second kappa shape index (κ2) is 3.13. The van der Waals surface area contributed by atoms with E-state index in [4.69, 9.17) is 5.73 Å². The summed E-state index contributed by atoms with van der Waals surface area (Å²) in [5.74, 6) is 3.15. The van der Waals surface area contributed by atoms with Crippen LogP contribution in [0.15, 0.2) is 0 Å². The molecule has 3 unspecified atom stereocenters. The van der Waals surface area contributed by atoms with Crippen molar-refractivity contribution in [3.8, 4) is 0 Å². The lowest BCUT2D eigenvalue weighted by Gasteiger charge is -2.38. The summed E-state index contributed by atoms with van der Waals surface area (Å²) in [6, 6.07) is 0. The minimum Gasteiger partial charge on any atom is -0.330 e. The average molecular weight is 202 g/mol. The summed E-state index contributed by atoms with van der Waals surface area (Å²) in [5, 5.41) is 0. The van der Waals surface area contributed by atoms with Gasteiger partial charge in [-0.15, -0.1) is 12.4 Å². The minimum absolute atomic E-state index is 0. The van der Waals surface area contributed by atoms with Crippen LogP contribution >= 0.6 is 12.4 Å². The van der Waals surface area contributed by atoms with Crippen molar-refractivity contribution in [1.82, 2.24) is 0 Å². The zero-order valence-corrected chi connectivity index (χ0v) is 8.98. The van der Waals surface area contributed by atoms with Crippen molar-refractivity contribution in [2.24, 2.45) is 28.9 Å². The lowest BCUT2D eigenvalue weighted by atomic mass is 9.68. The van der Waals surface area contributed by atoms with Gasteiger partial charge in [0.25, 0.3) is 0 Å². The van der Waals surface area contributed by atoms with E-state index in [1.54, 1.807) is 0 Å². The Hall–Kier alpha value is 0.250. The summed E-state index contributed by atoms with van der Waals surface area (Å²) >= 11 is 0. The zero-order chi connectivity index (χ0) is 8.18. The van der Waals surface area contributed by atoms with Crippen molar-refractivity contribution in [3.63, 3.8) is 0 Å². The van der Waals surface area contributed by atoms with Crippen molar-refractivity contribution in [2.75, 3.05) is 6.54 Å². The van der Waals surface area contributed by atoms with E-state index in [0.29, 0.717) is 5.41 Å². The molecule has 3 rings (SSSR count). The molecule has 0 radical (unpaired) electrons. The number of fused-ring (bicyclic) bond motifs is 5. The van der Waals surface area contributed by atoms with Crippen LogP contribution in [0.5, 0.6) is 0 Å². The van der Waals surface area contributed by atoms with E-state index in [1.807, 2.05) is 0 Å². The first kappa shape index (κ1) is 9.79. The molecular weight excluding hydrogens is 182 g/mol. The van der Waals surface area contributed by atoms with Gasteiger partial charge in [0, 0.05) is 0 Å². The molecule has 4 atom stereocenters. The number of halogens is 1. The van der Waals surface area contributed by atoms with Gasteiger partial charge < -0.3 is 5.73 Å². The van der Waals surface area contributed by atoms with Crippen molar-refractivity contribution < 1.29 is 0 Å². The number of rotatable bonds is 1. The highest BCUT2D eigenvalue weighted by atomic mass is 35.5. The molecule has 3 aliphatic carbocycles. The highest BCUT2D eigenvalue weighted by Crippen LogP contribution is 2.65. The number of nitrogens with two attached hydrogens (primary N) is 1. The minimum atomic E-state index is 0. The fourth-order valence-electron chi connectivity index (χ4n) is 4.66. The summed E-state index contributed by atoms with van der Waals surface area (Å²) in [7, 11) is 0. The highest BCUT2D eigenvalue weighted by Gasteiger charge is 2.58. The first-order chi connectivity index (χ1) is 5.87. The van der Waals surface area contributed by atoms with Crippen LogP contribution in [0.3, 0.4) is 0 Å². The Balaban J connectivity index is 0.000000653. The molecule has 0 heterocycles. The fraction of sp³-hybridized carbons (Fsp3) is 1.00. The molecule has 3 fully saturated rings. The van der Waals surface area contributed by atoms with Crippen LogP contribution in [0.1, 0.15) is 38.5 Å². The van der Waals surface area contributed by atoms with Gasteiger partial charge >= 0.3 is 0 Å². The van der Waals surface area contributed by atoms with E-state index < -0.39 is 0 Å². The van der Waals surface area contributed by atoms with Gasteiger partial charge in [0.2, 0.25) is 0 Å². The number of hydrogen-bond acceptors (Lipinski definition) is 1. The van der Waals surface area contributed by atoms with Gasteiger partial charge in [0.15, 0.2) is 0 Å². The lowest BCUT2D eigenvalue weighted by molar-refractivity contribution is 0.121.